The predicted molar refractivity (Wildman–Crippen MR) is 71.9 cm³/mol. The third-order valence-electron chi connectivity index (χ3n) is 3.39. The zero-order chi connectivity index (χ0) is 12.8. The monoisotopic (exact) mass is 274 g/mol. The van der Waals surface area contributed by atoms with Crippen LogP contribution in [0.25, 0.3) is 0 Å². The Morgan fingerprint density at radius 1 is 1.61 bits per heavy atom. The number of carbonyl (C=O) groups excluding carboxylic acids is 1. The molecule has 0 aromatic carbocycles. The SMILES string of the molecule is COCCN(C(=O)C1COCCN1)C1CCSC1. The Morgan fingerprint density at radius 3 is 3.11 bits per heavy atom. The van der Waals surface area contributed by atoms with Crippen LogP contribution in [0.2, 0.25) is 0 Å². The second-order valence-corrected chi connectivity index (χ2v) is 5.77. The summed E-state index contributed by atoms with van der Waals surface area (Å²) in [6.07, 6.45) is 1.09. The van der Waals surface area contributed by atoms with Gasteiger partial charge in [0.15, 0.2) is 0 Å². The van der Waals surface area contributed by atoms with Gasteiger partial charge in [-0.1, -0.05) is 0 Å². The highest BCUT2D eigenvalue weighted by Crippen LogP contribution is 2.23. The molecular weight excluding hydrogens is 252 g/mol. The van der Waals surface area contributed by atoms with Gasteiger partial charge in [0.25, 0.3) is 0 Å². The van der Waals surface area contributed by atoms with E-state index < -0.39 is 0 Å². The average Bonchev–Trinajstić information content (AvgIpc) is 2.94. The molecule has 2 rings (SSSR count). The van der Waals surface area contributed by atoms with Crippen molar-refractivity contribution < 1.29 is 14.3 Å². The maximum absolute atomic E-state index is 12.5. The first-order chi connectivity index (χ1) is 8.83. The number of nitrogens with zero attached hydrogens (tertiary/aromatic N) is 1. The Morgan fingerprint density at radius 2 is 2.50 bits per heavy atom. The van der Waals surface area contributed by atoms with Crippen molar-refractivity contribution in [3.63, 3.8) is 0 Å². The Balaban J connectivity index is 1.94. The molecule has 2 heterocycles. The van der Waals surface area contributed by atoms with Crippen LogP contribution < -0.4 is 5.32 Å². The second kappa shape index (κ2) is 7.33. The summed E-state index contributed by atoms with van der Waals surface area (Å²) in [6, 6.07) is 0.183. The van der Waals surface area contributed by atoms with E-state index in [-0.39, 0.29) is 11.9 Å². The second-order valence-electron chi connectivity index (χ2n) is 4.62. The number of rotatable bonds is 5. The molecule has 2 unspecified atom stereocenters. The molecule has 2 atom stereocenters. The molecule has 5 nitrogen and oxygen atoms in total. The average molecular weight is 274 g/mol. The number of methoxy groups -OCH3 is 1. The third-order valence-corrected chi connectivity index (χ3v) is 4.53. The van der Waals surface area contributed by atoms with Gasteiger partial charge in [-0.15, -0.1) is 0 Å². The molecule has 0 radical (unpaired) electrons. The normalized spacial score (nSPS) is 28.3. The van der Waals surface area contributed by atoms with Crippen LogP contribution in [0.1, 0.15) is 6.42 Å². The van der Waals surface area contributed by atoms with E-state index in [2.05, 4.69) is 5.32 Å². The van der Waals surface area contributed by atoms with Crippen molar-refractivity contribution in [1.29, 1.82) is 0 Å². The van der Waals surface area contributed by atoms with Crippen molar-refractivity contribution in [2.45, 2.75) is 18.5 Å². The first-order valence-electron chi connectivity index (χ1n) is 6.51. The maximum Gasteiger partial charge on any atom is 0.242 e. The molecule has 6 heteroatoms. The number of morpholine rings is 1. The molecule has 0 aliphatic carbocycles. The van der Waals surface area contributed by atoms with Crippen LogP contribution in [0.5, 0.6) is 0 Å². The van der Waals surface area contributed by atoms with Crippen LogP contribution in [0.4, 0.5) is 0 Å². The zero-order valence-electron chi connectivity index (χ0n) is 10.9. The zero-order valence-corrected chi connectivity index (χ0v) is 11.7. The van der Waals surface area contributed by atoms with Crippen molar-refractivity contribution in [3.05, 3.63) is 0 Å². The van der Waals surface area contributed by atoms with Crippen LogP contribution in [-0.2, 0) is 14.3 Å². The van der Waals surface area contributed by atoms with Crippen molar-refractivity contribution in [3.8, 4) is 0 Å². The summed E-state index contributed by atoms with van der Waals surface area (Å²) in [5.74, 6) is 2.36. The molecule has 104 valence electrons. The number of hydrogen-bond acceptors (Lipinski definition) is 5. The molecule has 2 aliphatic heterocycles. The van der Waals surface area contributed by atoms with Crippen LogP contribution in [-0.4, -0.2) is 74.4 Å². The topological polar surface area (TPSA) is 50.8 Å². The number of carbonyl (C=O) groups is 1. The molecular formula is C12H22N2O3S. The molecule has 1 N–H and O–H groups in total. The minimum Gasteiger partial charge on any atom is -0.383 e. The standard InChI is InChI=1S/C12H22N2O3S/c1-16-6-4-14(10-2-7-18-9-10)12(15)11-8-17-5-3-13-11/h10-11,13H,2-9H2,1H3. The molecule has 2 aliphatic rings. The smallest absolute Gasteiger partial charge is 0.242 e. The first kappa shape index (κ1) is 14.1. The van der Waals surface area contributed by atoms with Gasteiger partial charge in [-0.05, 0) is 12.2 Å². The molecule has 2 fully saturated rings. The van der Waals surface area contributed by atoms with Gasteiger partial charge in [0.05, 0.1) is 19.8 Å². The van der Waals surface area contributed by atoms with Gasteiger partial charge in [-0.3, -0.25) is 4.79 Å². The van der Waals surface area contributed by atoms with Gasteiger partial charge in [-0.25, -0.2) is 0 Å². The number of ether oxygens (including phenoxy) is 2. The lowest BCUT2D eigenvalue weighted by Crippen LogP contribution is -2.55. The highest BCUT2D eigenvalue weighted by atomic mass is 32.2. The predicted octanol–water partition coefficient (Wildman–Crippen LogP) is -0.0447. The van der Waals surface area contributed by atoms with Gasteiger partial charge in [-0.2, -0.15) is 11.8 Å². The summed E-state index contributed by atoms with van der Waals surface area (Å²) in [7, 11) is 1.67. The van der Waals surface area contributed by atoms with Crippen molar-refractivity contribution in [2.24, 2.45) is 0 Å². The fourth-order valence-corrected chi connectivity index (χ4v) is 3.58. The highest BCUT2D eigenvalue weighted by molar-refractivity contribution is 7.99. The number of nitrogens with one attached hydrogen (secondary N) is 1. The van der Waals surface area contributed by atoms with Gasteiger partial charge < -0.3 is 19.7 Å². The summed E-state index contributed by atoms with van der Waals surface area (Å²) < 4.78 is 10.5. The number of hydrogen-bond donors (Lipinski definition) is 1. The first-order valence-corrected chi connectivity index (χ1v) is 7.66. The summed E-state index contributed by atoms with van der Waals surface area (Å²) in [6.45, 7) is 3.22. The molecule has 0 aromatic rings. The molecule has 0 aromatic heterocycles. The van der Waals surface area contributed by atoms with Crippen LogP contribution in [0.3, 0.4) is 0 Å². The third kappa shape index (κ3) is 3.60. The summed E-state index contributed by atoms with van der Waals surface area (Å²) in [5, 5.41) is 3.24. The van der Waals surface area contributed by atoms with Crippen LogP contribution in [0.15, 0.2) is 0 Å². The summed E-state index contributed by atoms with van der Waals surface area (Å²) in [5.41, 5.74) is 0. The Hall–Kier alpha value is -0.300. The summed E-state index contributed by atoms with van der Waals surface area (Å²) >= 11 is 1.92. The quantitative estimate of drug-likeness (QED) is 0.762. The van der Waals surface area contributed by atoms with Crippen LogP contribution >= 0.6 is 11.8 Å². The minimum absolute atomic E-state index is 0.166. The largest absolute Gasteiger partial charge is 0.383 e. The van der Waals surface area contributed by atoms with E-state index in [1.807, 2.05) is 16.7 Å². The van der Waals surface area contributed by atoms with Crippen molar-refractivity contribution in [1.82, 2.24) is 10.2 Å². The summed E-state index contributed by atoms with van der Waals surface area (Å²) in [4.78, 5) is 14.5. The lowest BCUT2D eigenvalue weighted by Gasteiger charge is -2.33. The van der Waals surface area contributed by atoms with Crippen molar-refractivity contribution in [2.75, 3.05) is 51.5 Å². The van der Waals surface area contributed by atoms with E-state index in [4.69, 9.17) is 9.47 Å². The number of amides is 1. The molecule has 0 spiro atoms. The van der Waals surface area contributed by atoms with E-state index in [9.17, 15) is 4.79 Å². The Kier molecular flexibility index (Phi) is 5.75. The fraction of sp³-hybridized carbons (Fsp3) is 0.917. The lowest BCUT2D eigenvalue weighted by molar-refractivity contribution is -0.139. The van der Waals surface area contributed by atoms with Crippen LogP contribution in [0, 0.1) is 0 Å². The molecule has 0 bridgehead atoms. The van der Waals surface area contributed by atoms with E-state index in [0.29, 0.717) is 32.4 Å². The van der Waals surface area contributed by atoms with Gasteiger partial charge in [0.2, 0.25) is 5.91 Å². The van der Waals surface area contributed by atoms with E-state index in [0.717, 1.165) is 24.5 Å². The molecule has 1 amide bonds. The molecule has 18 heavy (non-hydrogen) atoms. The Labute approximate surface area is 113 Å². The van der Waals surface area contributed by atoms with E-state index >= 15 is 0 Å². The maximum atomic E-state index is 12.5. The minimum atomic E-state index is -0.179. The van der Waals surface area contributed by atoms with Crippen molar-refractivity contribution >= 4 is 17.7 Å². The lowest BCUT2D eigenvalue weighted by atomic mass is 10.1. The molecule has 0 saturated carbocycles. The highest BCUT2D eigenvalue weighted by Gasteiger charge is 2.32. The molecule has 2 saturated heterocycles. The van der Waals surface area contributed by atoms with E-state index in [1.54, 1.807) is 7.11 Å². The van der Waals surface area contributed by atoms with Gasteiger partial charge in [0, 0.05) is 32.0 Å². The van der Waals surface area contributed by atoms with E-state index in [1.165, 1.54) is 0 Å². The fourth-order valence-electron chi connectivity index (χ4n) is 2.35. The van der Waals surface area contributed by atoms with Gasteiger partial charge >= 0.3 is 0 Å². The Bertz CT molecular complexity index is 266. The number of thioether (sulfide) groups is 1. The van der Waals surface area contributed by atoms with Gasteiger partial charge in [0.1, 0.15) is 6.04 Å².